The summed E-state index contributed by atoms with van der Waals surface area (Å²) in [7, 11) is 1.35. The number of anilines is 1. The summed E-state index contributed by atoms with van der Waals surface area (Å²) in [6.45, 7) is -0.873. The molecule has 3 aromatic rings. The average Bonchev–Trinajstić information content (AvgIpc) is 3.17. The van der Waals surface area contributed by atoms with Crippen LogP contribution in [0.4, 0.5) is 19.0 Å². The van der Waals surface area contributed by atoms with Crippen LogP contribution in [0.5, 0.6) is 11.5 Å². The maximum absolute atomic E-state index is 12.4. The van der Waals surface area contributed by atoms with Crippen LogP contribution in [0.2, 0.25) is 0 Å². The summed E-state index contributed by atoms with van der Waals surface area (Å²) in [5.74, 6) is 0.564. The SMILES string of the molecule is COc1cc(CCC(=O)Nc2ccnn2Cc2ccccc2)ccc1OCC(F)(F)F. The Morgan fingerprint density at radius 2 is 1.84 bits per heavy atom. The normalized spacial score (nSPS) is 11.2. The van der Waals surface area contributed by atoms with Crippen LogP contribution in [-0.2, 0) is 17.8 Å². The van der Waals surface area contributed by atoms with Crippen molar-refractivity contribution in [2.45, 2.75) is 25.6 Å². The van der Waals surface area contributed by atoms with Gasteiger partial charge in [0.1, 0.15) is 5.82 Å². The zero-order valence-electron chi connectivity index (χ0n) is 16.9. The van der Waals surface area contributed by atoms with Gasteiger partial charge in [-0.1, -0.05) is 36.4 Å². The van der Waals surface area contributed by atoms with E-state index in [1.165, 1.54) is 13.2 Å². The first kappa shape index (κ1) is 22.2. The van der Waals surface area contributed by atoms with Gasteiger partial charge < -0.3 is 14.8 Å². The van der Waals surface area contributed by atoms with E-state index < -0.39 is 12.8 Å². The Morgan fingerprint density at radius 3 is 2.55 bits per heavy atom. The number of aromatic nitrogens is 2. The standard InChI is InChI=1S/C22H22F3N3O3/c1-30-19-13-16(7-9-18(19)31-15-22(23,24)25)8-10-21(29)27-20-11-12-26-28(20)14-17-5-3-2-4-6-17/h2-7,9,11-13H,8,10,14-15H2,1H3,(H,27,29). The molecule has 31 heavy (non-hydrogen) atoms. The van der Waals surface area contributed by atoms with E-state index in [0.29, 0.717) is 18.8 Å². The summed E-state index contributed by atoms with van der Waals surface area (Å²) in [4.78, 5) is 12.4. The number of hydrogen-bond donors (Lipinski definition) is 1. The smallest absolute Gasteiger partial charge is 0.422 e. The molecule has 0 radical (unpaired) electrons. The van der Waals surface area contributed by atoms with Gasteiger partial charge in [-0.2, -0.15) is 18.3 Å². The lowest BCUT2D eigenvalue weighted by Crippen LogP contribution is -2.19. The molecule has 2 aromatic carbocycles. The Balaban J connectivity index is 1.56. The third kappa shape index (κ3) is 6.77. The zero-order chi connectivity index (χ0) is 22.3. The molecule has 6 nitrogen and oxygen atoms in total. The number of methoxy groups -OCH3 is 1. The highest BCUT2D eigenvalue weighted by Gasteiger charge is 2.29. The summed E-state index contributed by atoms with van der Waals surface area (Å²) >= 11 is 0. The van der Waals surface area contributed by atoms with Crippen LogP contribution in [0.25, 0.3) is 0 Å². The third-order valence-corrected chi connectivity index (χ3v) is 4.42. The van der Waals surface area contributed by atoms with Gasteiger partial charge in [0.15, 0.2) is 18.1 Å². The molecular formula is C22H22F3N3O3. The number of alkyl halides is 3. The highest BCUT2D eigenvalue weighted by atomic mass is 19.4. The van der Waals surface area contributed by atoms with Crippen molar-refractivity contribution < 1.29 is 27.4 Å². The van der Waals surface area contributed by atoms with Crippen LogP contribution in [-0.4, -0.2) is 35.6 Å². The van der Waals surface area contributed by atoms with Crippen LogP contribution in [0, 0.1) is 0 Å². The Hall–Kier alpha value is -3.49. The number of hydrogen-bond acceptors (Lipinski definition) is 4. The first-order valence-electron chi connectivity index (χ1n) is 9.56. The Morgan fingerprint density at radius 1 is 1.06 bits per heavy atom. The Bertz CT molecular complexity index is 1000. The summed E-state index contributed by atoms with van der Waals surface area (Å²) in [5, 5.41) is 7.08. The van der Waals surface area contributed by atoms with Crippen molar-refractivity contribution in [1.82, 2.24) is 9.78 Å². The second-order valence-electron chi connectivity index (χ2n) is 6.80. The van der Waals surface area contributed by atoms with E-state index in [0.717, 1.165) is 11.1 Å². The second kappa shape index (κ2) is 10.0. The maximum atomic E-state index is 12.4. The number of carbonyl (C=O) groups excluding carboxylic acids is 1. The van der Waals surface area contributed by atoms with E-state index in [9.17, 15) is 18.0 Å². The van der Waals surface area contributed by atoms with E-state index in [2.05, 4.69) is 10.4 Å². The molecule has 1 N–H and O–H groups in total. The number of nitrogens with zero attached hydrogens (tertiary/aromatic N) is 2. The van der Waals surface area contributed by atoms with Crippen molar-refractivity contribution in [3.05, 3.63) is 71.9 Å². The maximum Gasteiger partial charge on any atom is 0.422 e. The molecule has 0 aliphatic rings. The van der Waals surface area contributed by atoms with Crippen molar-refractivity contribution >= 4 is 11.7 Å². The minimum absolute atomic E-state index is 0.00200. The molecule has 0 saturated carbocycles. The third-order valence-electron chi connectivity index (χ3n) is 4.42. The van der Waals surface area contributed by atoms with Crippen LogP contribution in [0.1, 0.15) is 17.5 Å². The van der Waals surface area contributed by atoms with Crippen LogP contribution in [0.3, 0.4) is 0 Å². The van der Waals surface area contributed by atoms with Gasteiger partial charge in [0, 0.05) is 12.5 Å². The molecule has 1 aromatic heterocycles. The Kier molecular flexibility index (Phi) is 7.17. The molecule has 0 atom stereocenters. The first-order valence-corrected chi connectivity index (χ1v) is 9.56. The molecular weight excluding hydrogens is 411 g/mol. The molecule has 0 aliphatic carbocycles. The summed E-state index contributed by atoms with van der Waals surface area (Å²) in [5.41, 5.74) is 1.80. The number of nitrogens with one attached hydrogen (secondary N) is 1. The van der Waals surface area contributed by atoms with Gasteiger partial charge in [-0.25, -0.2) is 4.68 Å². The fraction of sp³-hybridized carbons (Fsp3) is 0.273. The van der Waals surface area contributed by atoms with Crippen molar-refractivity contribution in [2.75, 3.05) is 19.0 Å². The minimum atomic E-state index is -4.44. The molecule has 0 unspecified atom stereocenters. The van der Waals surface area contributed by atoms with E-state index in [4.69, 9.17) is 9.47 Å². The highest BCUT2D eigenvalue weighted by Crippen LogP contribution is 2.30. The number of halogens is 3. The number of rotatable bonds is 9. The number of aryl methyl sites for hydroxylation is 1. The largest absolute Gasteiger partial charge is 0.493 e. The lowest BCUT2D eigenvalue weighted by atomic mass is 10.1. The van der Waals surface area contributed by atoms with Gasteiger partial charge in [-0.15, -0.1) is 0 Å². The van der Waals surface area contributed by atoms with Gasteiger partial charge >= 0.3 is 6.18 Å². The molecule has 0 fully saturated rings. The minimum Gasteiger partial charge on any atom is -0.493 e. The average molecular weight is 433 g/mol. The number of amides is 1. The quantitative estimate of drug-likeness (QED) is 0.542. The van der Waals surface area contributed by atoms with E-state index in [1.807, 2.05) is 30.3 Å². The number of ether oxygens (including phenoxy) is 2. The van der Waals surface area contributed by atoms with E-state index in [1.54, 1.807) is 29.1 Å². The second-order valence-corrected chi connectivity index (χ2v) is 6.80. The fourth-order valence-electron chi connectivity index (χ4n) is 2.93. The molecule has 0 spiro atoms. The van der Waals surface area contributed by atoms with E-state index in [-0.39, 0.29) is 23.8 Å². The van der Waals surface area contributed by atoms with Crippen LogP contribution >= 0.6 is 0 Å². The molecule has 0 saturated heterocycles. The summed E-state index contributed by atoms with van der Waals surface area (Å²) in [6, 6.07) is 16.1. The lowest BCUT2D eigenvalue weighted by Gasteiger charge is -2.13. The van der Waals surface area contributed by atoms with Crippen molar-refractivity contribution in [3.63, 3.8) is 0 Å². The summed E-state index contributed by atoms with van der Waals surface area (Å²) in [6.07, 6.45) is -2.26. The first-order chi connectivity index (χ1) is 14.8. The predicted molar refractivity (Wildman–Crippen MR) is 109 cm³/mol. The molecule has 0 bridgehead atoms. The summed E-state index contributed by atoms with van der Waals surface area (Å²) < 4.78 is 48.6. The monoisotopic (exact) mass is 433 g/mol. The molecule has 1 amide bonds. The van der Waals surface area contributed by atoms with Gasteiger partial charge in [0.25, 0.3) is 0 Å². The highest BCUT2D eigenvalue weighted by molar-refractivity contribution is 5.90. The van der Waals surface area contributed by atoms with Gasteiger partial charge in [-0.3, -0.25) is 4.79 Å². The Labute approximate surface area is 177 Å². The van der Waals surface area contributed by atoms with Gasteiger partial charge in [0.05, 0.1) is 19.9 Å². The van der Waals surface area contributed by atoms with Crippen molar-refractivity contribution in [1.29, 1.82) is 0 Å². The van der Waals surface area contributed by atoms with Crippen LogP contribution in [0.15, 0.2) is 60.8 Å². The molecule has 9 heteroatoms. The molecule has 164 valence electrons. The van der Waals surface area contributed by atoms with Crippen LogP contribution < -0.4 is 14.8 Å². The molecule has 1 heterocycles. The van der Waals surface area contributed by atoms with Gasteiger partial charge in [0.2, 0.25) is 5.91 Å². The van der Waals surface area contributed by atoms with Crippen molar-refractivity contribution in [3.8, 4) is 11.5 Å². The van der Waals surface area contributed by atoms with Gasteiger partial charge in [-0.05, 0) is 29.7 Å². The number of benzene rings is 2. The van der Waals surface area contributed by atoms with Crippen molar-refractivity contribution in [2.24, 2.45) is 0 Å². The predicted octanol–water partition coefficient (Wildman–Crippen LogP) is 4.45. The topological polar surface area (TPSA) is 65.4 Å². The zero-order valence-corrected chi connectivity index (χ0v) is 16.9. The lowest BCUT2D eigenvalue weighted by molar-refractivity contribution is -0.153. The number of carbonyl (C=O) groups is 1. The fourth-order valence-corrected chi connectivity index (χ4v) is 2.93. The molecule has 3 rings (SSSR count). The van der Waals surface area contributed by atoms with E-state index >= 15 is 0 Å². The molecule has 0 aliphatic heterocycles.